The molecule has 10 nitrogen and oxygen atoms in total. The van der Waals surface area contributed by atoms with Crippen molar-refractivity contribution in [2.75, 3.05) is 27.3 Å². The summed E-state index contributed by atoms with van der Waals surface area (Å²) < 4.78 is 11.5. The van der Waals surface area contributed by atoms with Crippen molar-refractivity contribution in [1.82, 2.24) is 31.2 Å². The second-order valence-electron chi connectivity index (χ2n) is 14.6. The van der Waals surface area contributed by atoms with Crippen LogP contribution >= 0.6 is 23.2 Å². The lowest BCUT2D eigenvalue weighted by molar-refractivity contribution is -0.133. The molecular weight excluding hydrogens is 699 g/mol. The smallest absolute Gasteiger partial charge is 0.226 e. The number of nitrogens with one attached hydrogen (secondary N) is 4. The van der Waals surface area contributed by atoms with E-state index < -0.39 is 0 Å². The number of methoxy groups -OCH3 is 2. The van der Waals surface area contributed by atoms with E-state index in [2.05, 4.69) is 26.3 Å². The highest BCUT2D eigenvalue weighted by molar-refractivity contribution is 6.39. The van der Waals surface area contributed by atoms with Gasteiger partial charge in [0.15, 0.2) is 0 Å². The molecule has 0 atom stereocenters. The Morgan fingerprint density at radius 2 is 1.38 bits per heavy atom. The summed E-state index contributed by atoms with van der Waals surface area (Å²) in [6.07, 6.45) is 7.02. The molecule has 4 aromatic rings. The van der Waals surface area contributed by atoms with Gasteiger partial charge in [0, 0.05) is 77.8 Å². The van der Waals surface area contributed by atoms with Gasteiger partial charge in [-0.2, -0.15) is 0 Å². The van der Waals surface area contributed by atoms with Crippen LogP contribution in [0.2, 0.25) is 10.0 Å². The number of ether oxygens (including phenoxy) is 2. The molecule has 8 rings (SSSR count). The maximum absolute atomic E-state index is 12.2. The summed E-state index contributed by atoms with van der Waals surface area (Å²) >= 11 is 14.2. The number of carbonyl (C=O) groups is 2. The Balaban J connectivity index is 0.977. The lowest BCUT2D eigenvalue weighted by Gasteiger charge is -2.43. The number of benzene rings is 2. The van der Waals surface area contributed by atoms with E-state index in [1.54, 1.807) is 20.4 Å². The second kappa shape index (κ2) is 14.0. The van der Waals surface area contributed by atoms with E-state index in [0.29, 0.717) is 52.5 Å². The van der Waals surface area contributed by atoms with Crippen LogP contribution in [0.25, 0.3) is 33.6 Å². The number of rotatable bonds is 11. The van der Waals surface area contributed by atoms with Crippen LogP contribution in [-0.4, -0.2) is 61.2 Å². The number of hydrogen-bond acceptors (Lipinski definition) is 8. The van der Waals surface area contributed by atoms with E-state index in [-0.39, 0.29) is 22.6 Å². The zero-order valence-electron chi connectivity index (χ0n) is 29.3. The zero-order valence-corrected chi connectivity index (χ0v) is 30.8. The molecule has 2 amide bonds. The molecule has 0 radical (unpaired) electrons. The van der Waals surface area contributed by atoms with E-state index in [4.69, 9.17) is 37.7 Å². The summed E-state index contributed by atoms with van der Waals surface area (Å²) in [5.74, 6) is 1.64. The van der Waals surface area contributed by atoms with E-state index >= 15 is 0 Å². The van der Waals surface area contributed by atoms with Gasteiger partial charge in [0.1, 0.15) is 5.75 Å². The monoisotopic (exact) mass is 740 g/mol. The highest BCUT2D eigenvalue weighted by atomic mass is 35.5. The summed E-state index contributed by atoms with van der Waals surface area (Å²) in [6.45, 7) is 2.77. The fraction of sp³-hybridized carbons (Fsp3) is 0.400. The molecule has 2 aliphatic carbocycles. The molecule has 2 saturated heterocycles. The quantitative estimate of drug-likeness (QED) is 0.141. The van der Waals surface area contributed by atoms with Crippen molar-refractivity contribution in [2.24, 2.45) is 10.8 Å². The summed E-state index contributed by atoms with van der Waals surface area (Å²) in [5.41, 5.74) is 5.98. The predicted molar refractivity (Wildman–Crippen MR) is 201 cm³/mol. The fourth-order valence-electron chi connectivity index (χ4n) is 8.54. The average Bonchev–Trinajstić information content (AvgIpc) is 3.71. The minimum Gasteiger partial charge on any atom is -0.496 e. The van der Waals surface area contributed by atoms with Gasteiger partial charge >= 0.3 is 0 Å². The molecule has 4 fully saturated rings. The fourth-order valence-corrected chi connectivity index (χ4v) is 9.18. The SMILES string of the molecule is COc1cc(-c2nccc(-c3cccc(-c4ccc(CNC5CC6(CCNC6=O)C5)c(OC)n4)c3Cl)c2Cl)ccc1CNC1CC2(CCNC2=O)C1. The first-order valence-electron chi connectivity index (χ1n) is 17.9. The van der Waals surface area contributed by atoms with E-state index in [9.17, 15) is 9.59 Å². The first kappa shape index (κ1) is 34.8. The first-order chi connectivity index (χ1) is 25.2. The van der Waals surface area contributed by atoms with Crippen LogP contribution in [0.15, 0.2) is 60.8 Å². The van der Waals surface area contributed by atoms with Gasteiger partial charge in [-0.05, 0) is 56.7 Å². The number of pyridine rings is 2. The predicted octanol–water partition coefficient (Wildman–Crippen LogP) is 6.32. The largest absolute Gasteiger partial charge is 0.496 e. The molecule has 0 unspecified atom stereocenters. The van der Waals surface area contributed by atoms with Crippen molar-refractivity contribution < 1.29 is 19.1 Å². The van der Waals surface area contributed by atoms with Gasteiger partial charge in [0.25, 0.3) is 0 Å². The Hall–Kier alpha value is -4.22. The van der Waals surface area contributed by atoms with E-state index in [0.717, 1.165) is 90.7 Å². The highest BCUT2D eigenvalue weighted by Gasteiger charge is 2.53. The standard InChI is InChI=1S/C40H42Cl2N6O4/c1-51-32-16-23(6-7-24(32)21-46-26-17-39(18-26)11-14-44-37(39)49)35-34(42)29(10-13-43-35)28-4-3-5-30(33(28)41)31-9-8-25(36(48-31)52-2)22-47-27-19-40(20-27)12-15-45-38(40)50/h3-10,13,16,26-27,46-47H,11-12,14-15,17-22H2,1-2H3,(H,44,49)(H,45,50). The molecule has 0 bridgehead atoms. The Labute approximate surface area is 313 Å². The average molecular weight is 742 g/mol. The minimum absolute atomic E-state index is 0.176. The Morgan fingerprint density at radius 1 is 0.769 bits per heavy atom. The van der Waals surface area contributed by atoms with Crippen LogP contribution in [0.1, 0.15) is 49.7 Å². The van der Waals surface area contributed by atoms with Crippen molar-refractivity contribution in [3.05, 3.63) is 82.0 Å². The highest BCUT2D eigenvalue weighted by Crippen LogP contribution is 2.48. The van der Waals surface area contributed by atoms with E-state index in [1.807, 2.05) is 54.6 Å². The van der Waals surface area contributed by atoms with Gasteiger partial charge in [0.2, 0.25) is 17.7 Å². The number of nitrogens with zero attached hydrogens (tertiary/aromatic N) is 2. The van der Waals surface area contributed by atoms with Crippen molar-refractivity contribution in [2.45, 2.75) is 63.7 Å². The van der Waals surface area contributed by atoms with Gasteiger partial charge in [0.05, 0.1) is 46.5 Å². The molecular formula is C40H42Cl2N6O4. The third kappa shape index (κ3) is 6.19. The number of amides is 2. The number of carbonyl (C=O) groups excluding carboxylic acids is 2. The topological polar surface area (TPSA) is 126 Å². The summed E-state index contributed by atoms with van der Waals surface area (Å²) in [7, 11) is 3.28. The summed E-state index contributed by atoms with van der Waals surface area (Å²) in [6, 6.07) is 18.2. The van der Waals surface area contributed by atoms with Crippen LogP contribution in [0, 0.1) is 10.8 Å². The summed E-state index contributed by atoms with van der Waals surface area (Å²) in [5, 5.41) is 14.1. The minimum atomic E-state index is -0.184. The molecule has 4 heterocycles. The maximum atomic E-state index is 12.2. The molecule has 270 valence electrons. The molecule has 4 aliphatic rings. The molecule has 2 aromatic heterocycles. The van der Waals surface area contributed by atoms with Gasteiger partial charge in [-0.15, -0.1) is 0 Å². The normalized spacial score (nSPS) is 24.8. The maximum Gasteiger partial charge on any atom is 0.226 e. The number of aromatic nitrogens is 2. The summed E-state index contributed by atoms with van der Waals surface area (Å²) in [4.78, 5) is 34.0. The van der Waals surface area contributed by atoms with Crippen molar-refractivity contribution in [3.63, 3.8) is 0 Å². The van der Waals surface area contributed by atoms with Crippen LogP contribution in [-0.2, 0) is 22.7 Å². The van der Waals surface area contributed by atoms with Crippen molar-refractivity contribution >= 4 is 35.0 Å². The van der Waals surface area contributed by atoms with Gasteiger partial charge in [-0.25, -0.2) is 4.98 Å². The van der Waals surface area contributed by atoms with E-state index in [1.165, 1.54) is 0 Å². The van der Waals surface area contributed by atoms with Crippen LogP contribution < -0.4 is 30.7 Å². The van der Waals surface area contributed by atoms with Gasteiger partial charge < -0.3 is 30.7 Å². The molecule has 52 heavy (non-hydrogen) atoms. The third-order valence-electron chi connectivity index (χ3n) is 11.6. The molecule has 12 heteroatoms. The lowest BCUT2D eigenvalue weighted by Crippen LogP contribution is -2.52. The Morgan fingerprint density at radius 3 is 2.00 bits per heavy atom. The molecule has 2 aromatic carbocycles. The van der Waals surface area contributed by atoms with Crippen LogP contribution in [0.3, 0.4) is 0 Å². The third-order valence-corrected chi connectivity index (χ3v) is 12.4. The van der Waals surface area contributed by atoms with Gasteiger partial charge in [-0.3, -0.25) is 14.6 Å². The lowest BCUT2D eigenvalue weighted by atomic mass is 9.64. The van der Waals surface area contributed by atoms with Crippen molar-refractivity contribution in [3.8, 4) is 45.3 Å². The molecule has 2 aliphatic heterocycles. The number of hydrogen-bond donors (Lipinski definition) is 4. The van der Waals surface area contributed by atoms with Crippen molar-refractivity contribution in [1.29, 1.82) is 0 Å². The zero-order chi connectivity index (χ0) is 36.0. The van der Waals surface area contributed by atoms with Crippen LogP contribution in [0.4, 0.5) is 0 Å². The second-order valence-corrected chi connectivity index (χ2v) is 15.4. The molecule has 4 N–H and O–H groups in total. The molecule has 2 spiro atoms. The van der Waals surface area contributed by atoms with Crippen LogP contribution in [0.5, 0.6) is 11.6 Å². The Kier molecular flexibility index (Phi) is 9.36. The Bertz CT molecular complexity index is 1900. The van der Waals surface area contributed by atoms with Gasteiger partial charge in [-0.1, -0.05) is 59.6 Å². The number of halogens is 2. The first-order valence-corrected chi connectivity index (χ1v) is 18.7. The molecule has 2 saturated carbocycles.